The molecule has 252 valence electrons. The quantitative estimate of drug-likeness (QED) is 0.213. The summed E-state index contributed by atoms with van der Waals surface area (Å²) in [7, 11) is 1.29. The molecule has 0 unspecified atom stereocenters. The van der Waals surface area contributed by atoms with Crippen LogP contribution in [-0.4, -0.2) is 85.1 Å². The molecule has 2 aliphatic rings. The number of methoxy groups -OCH3 is 1. The van der Waals surface area contributed by atoms with Crippen LogP contribution in [0.3, 0.4) is 0 Å². The number of fused-ring (bicyclic) bond motifs is 2. The van der Waals surface area contributed by atoms with Crippen molar-refractivity contribution in [1.29, 1.82) is 0 Å². The number of aromatic nitrogens is 4. The maximum atomic E-state index is 13.5. The van der Waals surface area contributed by atoms with E-state index >= 15 is 0 Å². The molecule has 12 nitrogen and oxygen atoms in total. The van der Waals surface area contributed by atoms with E-state index in [0.29, 0.717) is 18.9 Å². The number of hydrogen-bond donors (Lipinski definition) is 4. The second kappa shape index (κ2) is 13.7. The number of likely N-dealkylation sites (tertiary alicyclic amines) is 2. The van der Waals surface area contributed by atoms with Crippen molar-refractivity contribution in [1.82, 2.24) is 35.1 Å². The average Bonchev–Trinajstić information content (AvgIpc) is 3.89. The second-order valence-electron chi connectivity index (χ2n) is 13.4. The van der Waals surface area contributed by atoms with Gasteiger partial charge in [0, 0.05) is 24.2 Å². The minimum Gasteiger partial charge on any atom is -0.453 e. The van der Waals surface area contributed by atoms with Crippen LogP contribution in [0.15, 0.2) is 36.4 Å². The Hall–Kier alpha value is -4.89. The Morgan fingerprint density at radius 1 is 0.833 bits per heavy atom. The van der Waals surface area contributed by atoms with Gasteiger partial charge in [-0.25, -0.2) is 14.8 Å². The Labute approximate surface area is 279 Å². The van der Waals surface area contributed by atoms with Crippen molar-refractivity contribution in [3.63, 3.8) is 0 Å². The van der Waals surface area contributed by atoms with Gasteiger partial charge in [-0.15, -0.1) is 0 Å². The molecule has 4 N–H and O–H groups in total. The number of benzene rings is 2. The molecule has 6 rings (SSSR count). The molecule has 0 bridgehead atoms. The zero-order valence-corrected chi connectivity index (χ0v) is 28.0. The van der Waals surface area contributed by atoms with Crippen LogP contribution in [-0.2, 0) is 14.3 Å². The van der Waals surface area contributed by atoms with Gasteiger partial charge in [-0.3, -0.25) is 9.59 Å². The molecule has 4 heterocycles. The highest BCUT2D eigenvalue weighted by Crippen LogP contribution is 2.34. The maximum absolute atomic E-state index is 13.5. The molecule has 0 radical (unpaired) electrons. The second-order valence-corrected chi connectivity index (χ2v) is 13.4. The number of nitrogens with zero attached hydrogens (tertiary/aromatic N) is 4. The lowest BCUT2D eigenvalue weighted by molar-refractivity contribution is -0.143. The van der Waals surface area contributed by atoms with Crippen LogP contribution >= 0.6 is 0 Å². The van der Waals surface area contributed by atoms with Crippen molar-refractivity contribution < 1.29 is 24.2 Å². The van der Waals surface area contributed by atoms with E-state index in [1.54, 1.807) is 9.80 Å². The van der Waals surface area contributed by atoms with E-state index in [1.165, 1.54) is 7.11 Å². The molecule has 0 saturated carbocycles. The molecule has 0 spiro atoms. The number of aliphatic hydroxyl groups excluding tert-OH is 1. The number of carbonyl (C=O) groups is 3. The standard InChI is InChI=1S/C36H43N7O5/c1-20(2)30(41-36(47)48-5)34(45)42-16-6-8-28(42)32-37-24-14-12-22(18-26(24)39-32)10-11-23-13-15-25-27(19-23)40-33(38-25)29-9-7-17-43(29)35(46)31(44)21(3)4/h12-15,18-21,28-31,44H,6-9,16-17H2,1-5H3,(H,37,39)(H,38,40)(H,41,47)/t28-,29-,30-,31+/m0/s1. The molecule has 0 aliphatic carbocycles. The zero-order valence-electron chi connectivity index (χ0n) is 28.0. The summed E-state index contributed by atoms with van der Waals surface area (Å²) >= 11 is 0. The first-order chi connectivity index (χ1) is 23.0. The highest BCUT2D eigenvalue weighted by atomic mass is 16.5. The van der Waals surface area contributed by atoms with E-state index in [2.05, 4.69) is 27.1 Å². The van der Waals surface area contributed by atoms with Gasteiger partial charge in [0.25, 0.3) is 5.91 Å². The number of imidazole rings is 2. The Morgan fingerprint density at radius 2 is 1.42 bits per heavy atom. The number of rotatable bonds is 7. The summed E-state index contributed by atoms with van der Waals surface area (Å²) < 4.78 is 4.74. The third kappa shape index (κ3) is 6.60. The zero-order chi connectivity index (χ0) is 34.1. The fraction of sp³-hybridized carbons (Fsp3) is 0.472. The van der Waals surface area contributed by atoms with Gasteiger partial charge in [-0.1, -0.05) is 39.5 Å². The van der Waals surface area contributed by atoms with Crippen molar-refractivity contribution in [3.8, 4) is 11.8 Å². The molecule has 2 aliphatic heterocycles. The Morgan fingerprint density at radius 3 is 2.04 bits per heavy atom. The SMILES string of the molecule is COC(=O)N[C@H](C(=O)N1CCC[C@H]1c1nc2cc(C#Cc3ccc4nc([C@@H]5CCCN5C(=O)[C@H](O)C(C)C)[nH]c4c3)ccc2[nH]1)C(C)C. The van der Waals surface area contributed by atoms with E-state index in [9.17, 15) is 19.5 Å². The minimum atomic E-state index is -1.02. The molecule has 3 amide bonds. The normalized spacial score (nSPS) is 19.2. The first kappa shape index (κ1) is 33.0. The molecule has 4 aromatic rings. The fourth-order valence-corrected chi connectivity index (χ4v) is 6.63. The van der Waals surface area contributed by atoms with E-state index in [-0.39, 0.29) is 35.7 Å². The Bertz CT molecular complexity index is 1900. The number of nitrogens with one attached hydrogen (secondary N) is 3. The summed E-state index contributed by atoms with van der Waals surface area (Å²) in [6.45, 7) is 8.66. The molecule has 2 saturated heterocycles. The number of aliphatic hydroxyl groups is 1. The van der Waals surface area contributed by atoms with Crippen molar-refractivity contribution in [2.45, 2.75) is 77.6 Å². The first-order valence-corrected chi connectivity index (χ1v) is 16.7. The van der Waals surface area contributed by atoms with Crippen LogP contribution in [0, 0.1) is 23.7 Å². The summed E-state index contributed by atoms with van der Waals surface area (Å²) in [5.74, 6) is 7.27. The molecule has 12 heteroatoms. The lowest BCUT2D eigenvalue weighted by Crippen LogP contribution is -2.51. The van der Waals surface area contributed by atoms with Gasteiger partial charge in [0.2, 0.25) is 5.91 Å². The van der Waals surface area contributed by atoms with E-state index in [1.807, 2.05) is 64.1 Å². The van der Waals surface area contributed by atoms with E-state index in [0.717, 1.165) is 64.7 Å². The molecule has 48 heavy (non-hydrogen) atoms. The monoisotopic (exact) mass is 653 g/mol. The smallest absolute Gasteiger partial charge is 0.407 e. The van der Waals surface area contributed by atoms with Gasteiger partial charge in [0.1, 0.15) is 23.8 Å². The molecule has 4 atom stereocenters. The third-order valence-corrected chi connectivity index (χ3v) is 9.33. The number of hydrogen-bond acceptors (Lipinski definition) is 7. The van der Waals surface area contributed by atoms with Gasteiger partial charge < -0.3 is 34.9 Å². The lowest BCUT2D eigenvalue weighted by Gasteiger charge is -2.29. The number of amides is 3. The number of H-pyrrole nitrogens is 2. The van der Waals surface area contributed by atoms with Gasteiger partial charge in [0.05, 0.1) is 41.3 Å². The predicted octanol–water partition coefficient (Wildman–Crippen LogP) is 4.56. The van der Waals surface area contributed by atoms with Crippen molar-refractivity contribution in [2.24, 2.45) is 11.8 Å². The van der Waals surface area contributed by atoms with E-state index < -0.39 is 18.2 Å². The predicted molar refractivity (Wildman–Crippen MR) is 181 cm³/mol. The number of alkyl carbamates (subject to hydrolysis) is 1. The van der Waals surface area contributed by atoms with Crippen LogP contribution < -0.4 is 5.32 Å². The van der Waals surface area contributed by atoms with Crippen molar-refractivity contribution >= 4 is 40.0 Å². The summed E-state index contributed by atoms with van der Waals surface area (Å²) in [4.78, 5) is 58.3. The van der Waals surface area contributed by atoms with Gasteiger partial charge >= 0.3 is 6.09 Å². The summed E-state index contributed by atoms with van der Waals surface area (Å²) in [5.41, 5.74) is 4.87. The number of ether oxygens (including phenoxy) is 1. The van der Waals surface area contributed by atoms with Crippen molar-refractivity contribution in [2.75, 3.05) is 20.2 Å². The molecular weight excluding hydrogens is 610 g/mol. The highest BCUT2D eigenvalue weighted by Gasteiger charge is 2.38. The number of aromatic amines is 2. The van der Waals surface area contributed by atoms with Crippen LogP contribution in [0.4, 0.5) is 4.79 Å². The van der Waals surface area contributed by atoms with Crippen LogP contribution in [0.25, 0.3) is 22.1 Å². The fourth-order valence-electron chi connectivity index (χ4n) is 6.63. The van der Waals surface area contributed by atoms with Gasteiger partial charge in [0.15, 0.2) is 0 Å². The van der Waals surface area contributed by atoms with Gasteiger partial charge in [-0.2, -0.15) is 0 Å². The Balaban J connectivity index is 1.18. The van der Waals surface area contributed by atoms with Gasteiger partial charge in [-0.05, 0) is 73.9 Å². The van der Waals surface area contributed by atoms with Crippen LogP contribution in [0.1, 0.15) is 88.2 Å². The minimum absolute atomic E-state index is 0.108. The summed E-state index contributed by atoms with van der Waals surface area (Å²) in [6.07, 6.45) is 1.62. The third-order valence-electron chi connectivity index (χ3n) is 9.33. The van der Waals surface area contributed by atoms with Crippen molar-refractivity contribution in [3.05, 3.63) is 59.2 Å². The van der Waals surface area contributed by atoms with E-state index in [4.69, 9.17) is 14.7 Å². The molecular formula is C36H43N7O5. The lowest BCUT2D eigenvalue weighted by atomic mass is 10.0. The molecule has 2 fully saturated rings. The Kier molecular flexibility index (Phi) is 9.42. The first-order valence-electron chi connectivity index (χ1n) is 16.7. The maximum Gasteiger partial charge on any atom is 0.407 e. The summed E-state index contributed by atoms with van der Waals surface area (Å²) in [5, 5.41) is 13.1. The largest absolute Gasteiger partial charge is 0.453 e. The summed E-state index contributed by atoms with van der Waals surface area (Å²) in [6, 6.07) is 10.5. The molecule has 2 aromatic carbocycles. The average molecular weight is 654 g/mol. The van der Waals surface area contributed by atoms with Crippen LogP contribution in [0.2, 0.25) is 0 Å². The highest BCUT2D eigenvalue weighted by molar-refractivity contribution is 5.87. The van der Waals surface area contributed by atoms with Crippen LogP contribution in [0.5, 0.6) is 0 Å². The number of carbonyl (C=O) groups excluding carboxylic acids is 3. The molecule has 2 aromatic heterocycles. The topological polar surface area (TPSA) is 157 Å².